The van der Waals surface area contributed by atoms with E-state index in [1.54, 1.807) is 31.4 Å². The van der Waals surface area contributed by atoms with Gasteiger partial charge in [0, 0.05) is 93.0 Å². The van der Waals surface area contributed by atoms with Crippen LogP contribution in [0.15, 0.2) is 132 Å². The summed E-state index contributed by atoms with van der Waals surface area (Å²) in [5, 5.41) is 5.03. The normalized spacial score (nSPS) is 17.7. The summed E-state index contributed by atoms with van der Waals surface area (Å²) in [6.45, 7) is 29.1. The van der Waals surface area contributed by atoms with Gasteiger partial charge in [-0.1, -0.05) is 104 Å². The van der Waals surface area contributed by atoms with Crippen LogP contribution in [0.3, 0.4) is 0 Å². The zero-order chi connectivity index (χ0) is 55.4. The van der Waals surface area contributed by atoms with E-state index in [-0.39, 0.29) is 34.8 Å². The van der Waals surface area contributed by atoms with Crippen molar-refractivity contribution in [2.24, 2.45) is 5.41 Å². The molecule has 12 heteroatoms. The summed E-state index contributed by atoms with van der Waals surface area (Å²) < 4.78 is 39.1. The van der Waals surface area contributed by atoms with E-state index < -0.39 is 10.0 Å². The number of nitrogens with zero attached hydrogens (tertiary/aromatic N) is 4. The molecule has 4 aliphatic rings. The molecule has 410 valence electrons. The number of rotatable bonds is 21. The standard InChI is InChI=1S/C66H80N5O6S/c1-11-70-58-31-29-54-48(4)42-46(2)44-56(54)63(58)65(6,7)60(70)18-14-12-15-19-61-66(8,9)64-57-45-47(3)43-49(5)55(57)30-32-59(64)71(61)33-17-13-16-20-62(72)69-36-34-68(35-37-69)38-39-76-40-41-77-67-78(73,74)53-27-23-51(24-28-53)50-21-25-52(75-10)26-22-50/h12,14-15,18-19,21-30,32,42-45,67H,4,11,13,16-17,20,31,33-41H2,1-3,5-10H3/q+1. The van der Waals surface area contributed by atoms with E-state index in [0.717, 1.165) is 80.5 Å². The second-order valence-electron chi connectivity index (χ2n) is 22.4. The quantitative estimate of drug-likeness (QED) is 0.0335. The van der Waals surface area contributed by atoms with Crippen molar-refractivity contribution in [2.75, 3.05) is 72.7 Å². The number of carbonyl (C=O) groups excluding carboxylic acids is 1. The van der Waals surface area contributed by atoms with Gasteiger partial charge >= 0.3 is 0 Å². The molecule has 11 nitrogen and oxygen atoms in total. The van der Waals surface area contributed by atoms with Crippen molar-refractivity contribution < 1.29 is 32.1 Å². The van der Waals surface area contributed by atoms with Crippen molar-refractivity contribution in [1.82, 2.24) is 19.6 Å². The Morgan fingerprint density at radius 2 is 1.51 bits per heavy atom. The van der Waals surface area contributed by atoms with E-state index >= 15 is 0 Å². The van der Waals surface area contributed by atoms with Crippen molar-refractivity contribution in [3.05, 3.63) is 165 Å². The van der Waals surface area contributed by atoms with E-state index in [4.69, 9.17) is 14.3 Å². The zero-order valence-electron chi connectivity index (χ0n) is 47.5. The van der Waals surface area contributed by atoms with Gasteiger partial charge in [0.2, 0.25) is 11.6 Å². The van der Waals surface area contributed by atoms with Crippen LogP contribution >= 0.6 is 0 Å². The van der Waals surface area contributed by atoms with E-state index in [1.165, 1.54) is 72.2 Å². The molecule has 1 aliphatic carbocycles. The zero-order valence-corrected chi connectivity index (χ0v) is 48.3. The number of hydrogen-bond acceptors (Lipinski definition) is 8. The molecule has 0 spiro atoms. The van der Waals surface area contributed by atoms with Gasteiger partial charge in [0.15, 0.2) is 5.71 Å². The van der Waals surface area contributed by atoms with Crippen LogP contribution in [0.5, 0.6) is 5.75 Å². The van der Waals surface area contributed by atoms with Crippen molar-refractivity contribution in [2.45, 2.75) is 97.8 Å². The molecule has 0 atom stereocenters. The molecule has 0 bridgehead atoms. The highest BCUT2D eigenvalue weighted by atomic mass is 32.2. The predicted octanol–water partition coefficient (Wildman–Crippen LogP) is 10.8. The predicted molar refractivity (Wildman–Crippen MR) is 318 cm³/mol. The van der Waals surface area contributed by atoms with Gasteiger partial charge < -0.3 is 19.3 Å². The Morgan fingerprint density at radius 1 is 0.795 bits per heavy atom. The summed E-state index contributed by atoms with van der Waals surface area (Å²) in [6, 6.07) is 28.0. The first-order valence-corrected chi connectivity index (χ1v) is 29.4. The van der Waals surface area contributed by atoms with Crippen molar-refractivity contribution in [1.29, 1.82) is 0 Å². The maximum Gasteiger partial charge on any atom is 0.262 e. The molecule has 1 N–H and O–H groups in total. The van der Waals surface area contributed by atoms with Gasteiger partial charge in [0.1, 0.15) is 12.3 Å². The van der Waals surface area contributed by atoms with Crippen LogP contribution in [0.25, 0.3) is 40.1 Å². The molecule has 9 rings (SSSR count). The highest BCUT2D eigenvalue weighted by molar-refractivity contribution is 7.89. The third-order valence-electron chi connectivity index (χ3n) is 16.3. The summed E-state index contributed by atoms with van der Waals surface area (Å²) in [5.74, 6) is 0.982. The Hall–Kier alpha value is -6.41. The lowest BCUT2D eigenvalue weighted by atomic mass is 9.76. The largest absolute Gasteiger partial charge is 0.497 e. The van der Waals surface area contributed by atoms with Crippen LogP contribution in [0, 0.1) is 26.2 Å². The van der Waals surface area contributed by atoms with Gasteiger partial charge in [0.25, 0.3) is 10.0 Å². The summed E-state index contributed by atoms with van der Waals surface area (Å²) in [6.07, 6.45) is 17.9. The second kappa shape index (κ2) is 23.9. The second-order valence-corrected chi connectivity index (χ2v) is 24.1. The molecule has 1 amide bonds. The number of benzene rings is 5. The van der Waals surface area contributed by atoms with Crippen molar-refractivity contribution >= 4 is 56.3 Å². The molecule has 3 aliphatic heterocycles. The van der Waals surface area contributed by atoms with Crippen molar-refractivity contribution in [3.8, 4) is 16.9 Å². The van der Waals surface area contributed by atoms with Crippen LogP contribution in [0.1, 0.15) is 94.5 Å². The lowest BCUT2D eigenvalue weighted by Gasteiger charge is -2.34. The molecule has 5 aromatic rings. The molecule has 3 heterocycles. The van der Waals surface area contributed by atoms with Gasteiger partial charge in [-0.05, 0) is 145 Å². The molecule has 5 aromatic carbocycles. The first-order valence-electron chi connectivity index (χ1n) is 27.9. The highest BCUT2D eigenvalue weighted by Gasteiger charge is 2.46. The lowest BCUT2D eigenvalue weighted by Crippen LogP contribution is -2.49. The fraction of sp³-hybridized carbons (Fsp3) is 0.394. The number of ether oxygens (including phenoxy) is 2. The first kappa shape index (κ1) is 56.3. The number of unbranched alkanes of at least 4 members (excludes halogenated alkanes) is 2. The van der Waals surface area contributed by atoms with Gasteiger partial charge in [-0.15, -0.1) is 0 Å². The number of hydrogen-bond donors (Lipinski definition) is 1. The van der Waals surface area contributed by atoms with Gasteiger partial charge in [-0.2, -0.15) is 4.58 Å². The summed E-state index contributed by atoms with van der Waals surface area (Å²) in [4.78, 5) is 27.9. The lowest BCUT2D eigenvalue weighted by molar-refractivity contribution is -0.438. The fourth-order valence-electron chi connectivity index (χ4n) is 12.4. The monoisotopic (exact) mass is 1070 g/mol. The number of piperazine rings is 1. The molecule has 0 unspecified atom stereocenters. The molecule has 78 heavy (non-hydrogen) atoms. The maximum absolute atomic E-state index is 13.5. The van der Waals surface area contributed by atoms with Crippen LogP contribution < -0.4 is 20.1 Å². The Bertz CT molecular complexity index is 3450. The Balaban J connectivity index is 0.747. The van der Waals surface area contributed by atoms with E-state index in [0.29, 0.717) is 26.1 Å². The van der Waals surface area contributed by atoms with Gasteiger partial charge in [0.05, 0.1) is 37.2 Å². The molecular weight excluding hydrogens is 991 g/mol. The number of aryl methyl sites for hydroxylation is 3. The summed E-state index contributed by atoms with van der Waals surface area (Å²) in [7, 11) is -2.23. The number of nitrogens with one attached hydrogen (secondary N) is 1. The van der Waals surface area contributed by atoms with Crippen LogP contribution in [0.4, 0.5) is 5.69 Å². The van der Waals surface area contributed by atoms with E-state index in [9.17, 15) is 13.2 Å². The summed E-state index contributed by atoms with van der Waals surface area (Å²) in [5.41, 5.74) is 14.8. The molecule has 1 fully saturated rings. The average Bonchev–Trinajstić information content (AvgIpc) is 4.02. The topological polar surface area (TPSA) is 104 Å². The van der Waals surface area contributed by atoms with Crippen LogP contribution in [-0.2, 0) is 29.8 Å². The fourth-order valence-corrected chi connectivity index (χ4v) is 13.3. The minimum Gasteiger partial charge on any atom is -0.497 e. The summed E-state index contributed by atoms with van der Waals surface area (Å²) >= 11 is 0. The van der Waals surface area contributed by atoms with Gasteiger partial charge in [-0.25, -0.2) is 8.42 Å². The SMILES string of the molecule is C=c1cc(C)cc2c1=CCC1=C2C(C)(C)C(=CC=CC=CC2=[N+](CCCCCC(=O)N3CCN(CCOCCONS(=O)(=O)c4ccc(-c5ccc(OC)cc5)cc4)CC3)c3ccc4c(C)cc(C)cc4c3C2(C)C)N1CC. The molecular formula is C66H80N5O6S+. The van der Waals surface area contributed by atoms with Crippen LogP contribution in [-0.4, -0.2) is 112 Å². The molecule has 1 saturated heterocycles. The molecule has 0 aromatic heterocycles. The third-order valence-corrected chi connectivity index (χ3v) is 17.6. The Kier molecular flexibility index (Phi) is 17.3. The van der Waals surface area contributed by atoms with Crippen molar-refractivity contribution in [3.63, 3.8) is 0 Å². The molecule has 0 saturated carbocycles. The number of sulfonamides is 1. The van der Waals surface area contributed by atoms with Crippen LogP contribution in [0.2, 0.25) is 0 Å². The first-order chi connectivity index (χ1) is 37.4. The minimum absolute atomic E-state index is 0.0729. The van der Waals surface area contributed by atoms with E-state index in [1.807, 2.05) is 29.2 Å². The number of allylic oxidation sites excluding steroid dienone is 7. The Labute approximate surface area is 463 Å². The maximum atomic E-state index is 13.5. The number of fused-ring (bicyclic) bond motifs is 5. The minimum atomic E-state index is -3.85. The smallest absolute Gasteiger partial charge is 0.262 e. The third kappa shape index (κ3) is 11.8. The number of carbonyl (C=O) groups is 1. The number of amides is 1. The van der Waals surface area contributed by atoms with E-state index in [2.05, 4.69) is 154 Å². The highest BCUT2D eigenvalue weighted by Crippen LogP contribution is 2.53. The number of methoxy groups -OCH3 is 1. The molecule has 0 radical (unpaired) electrons. The Morgan fingerprint density at radius 3 is 2.23 bits per heavy atom. The van der Waals surface area contributed by atoms with Gasteiger partial charge in [-0.3, -0.25) is 14.5 Å². The average molecular weight is 1070 g/mol.